The van der Waals surface area contributed by atoms with Gasteiger partial charge in [0.1, 0.15) is 0 Å². The Morgan fingerprint density at radius 2 is 1.94 bits per heavy atom. The Hall–Kier alpha value is -0.0800. The minimum absolute atomic E-state index is 0.453. The minimum atomic E-state index is 0.453. The second-order valence-electron chi connectivity index (χ2n) is 7.27. The Kier molecular flexibility index (Phi) is 6.13. The molecule has 0 aliphatic carbocycles. The summed E-state index contributed by atoms with van der Waals surface area (Å²) in [5.41, 5.74) is 0.453. The first-order valence-corrected chi connectivity index (χ1v) is 7.84. The first-order chi connectivity index (χ1) is 8.37. The van der Waals surface area contributed by atoms with Crippen molar-refractivity contribution in [3.63, 3.8) is 0 Å². The fourth-order valence-corrected chi connectivity index (χ4v) is 2.70. The molecule has 0 bridgehead atoms. The molecule has 1 saturated heterocycles. The molecule has 18 heavy (non-hydrogen) atoms. The zero-order valence-corrected chi connectivity index (χ0v) is 13.4. The van der Waals surface area contributed by atoms with E-state index in [1.165, 1.54) is 38.9 Å². The van der Waals surface area contributed by atoms with Gasteiger partial charge in [-0.1, -0.05) is 48.0 Å². The third kappa shape index (κ3) is 4.89. The molecular weight excluding hydrogens is 220 g/mol. The van der Waals surface area contributed by atoms with E-state index >= 15 is 0 Å². The van der Waals surface area contributed by atoms with Crippen molar-refractivity contribution >= 4 is 0 Å². The average molecular weight is 254 g/mol. The summed E-state index contributed by atoms with van der Waals surface area (Å²) in [7, 11) is 0. The molecular formula is C16H34N2. The molecule has 0 aromatic heterocycles. The van der Waals surface area contributed by atoms with Gasteiger partial charge in [-0.25, -0.2) is 0 Å². The first-order valence-electron chi connectivity index (χ1n) is 7.84. The maximum Gasteiger partial charge on any atom is 0.0221 e. The molecule has 0 amide bonds. The average Bonchev–Trinajstić information content (AvgIpc) is 2.34. The van der Waals surface area contributed by atoms with Crippen molar-refractivity contribution in [1.29, 1.82) is 0 Å². The molecule has 0 saturated carbocycles. The molecule has 2 heteroatoms. The maximum absolute atomic E-state index is 3.76. The van der Waals surface area contributed by atoms with Gasteiger partial charge < -0.3 is 5.32 Å². The van der Waals surface area contributed by atoms with E-state index in [-0.39, 0.29) is 0 Å². The Morgan fingerprint density at radius 3 is 2.44 bits per heavy atom. The second kappa shape index (κ2) is 6.91. The van der Waals surface area contributed by atoms with Gasteiger partial charge in [-0.2, -0.15) is 0 Å². The molecule has 1 fully saturated rings. The van der Waals surface area contributed by atoms with Gasteiger partial charge in [0.15, 0.2) is 0 Å². The third-order valence-electron chi connectivity index (χ3n) is 4.51. The predicted molar refractivity (Wildman–Crippen MR) is 81.0 cm³/mol. The third-order valence-corrected chi connectivity index (χ3v) is 4.51. The van der Waals surface area contributed by atoms with Crippen LogP contribution in [-0.4, -0.2) is 36.6 Å². The fourth-order valence-electron chi connectivity index (χ4n) is 2.70. The van der Waals surface area contributed by atoms with Crippen LogP contribution in [0, 0.1) is 11.3 Å². The molecule has 0 aromatic rings. The van der Waals surface area contributed by atoms with Crippen molar-refractivity contribution in [3.8, 4) is 0 Å². The molecule has 3 atom stereocenters. The minimum Gasteiger partial charge on any atom is -0.311 e. The lowest BCUT2D eigenvalue weighted by Gasteiger charge is -2.43. The molecule has 1 rings (SSSR count). The van der Waals surface area contributed by atoms with E-state index in [1.807, 2.05) is 0 Å². The van der Waals surface area contributed by atoms with Crippen LogP contribution in [-0.2, 0) is 0 Å². The zero-order valence-electron chi connectivity index (χ0n) is 13.4. The lowest BCUT2D eigenvalue weighted by molar-refractivity contribution is 0.0941. The molecule has 1 aliphatic heterocycles. The van der Waals surface area contributed by atoms with Gasteiger partial charge in [0.05, 0.1) is 0 Å². The highest BCUT2D eigenvalue weighted by Gasteiger charge is 2.29. The first kappa shape index (κ1) is 16.0. The van der Waals surface area contributed by atoms with Gasteiger partial charge in [-0.3, -0.25) is 4.90 Å². The van der Waals surface area contributed by atoms with Crippen molar-refractivity contribution in [1.82, 2.24) is 10.2 Å². The van der Waals surface area contributed by atoms with E-state index in [0.29, 0.717) is 11.5 Å². The topological polar surface area (TPSA) is 15.3 Å². The Balaban J connectivity index is 2.53. The number of hydrogen-bond donors (Lipinski definition) is 1. The van der Waals surface area contributed by atoms with E-state index in [0.717, 1.165) is 12.0 Å². The summed E-state index contributed by atoms with van der Waals surface area (Å²) < 4.78 is 0. The summed E-state index contributed by atoms with van der Waals surface area (Å²) in [6.45, 7) is 17.7. The highest BCUT2D eigenvalue weighted by molar-refractivity contribution is 4.88. The number of nitrogens with one attached hydrogen (secondary N) is 1. The van der Waals surface area contributed by atoms with Crippen molar-refractivity contribution < 1.29 is 0 Å². The Bertz CT molecular complexity index is 232. The summed E-state index contributed by atoms with van der Waals surface area (Å²) in [6, 6.07) is 1.44. The lowest BCUT2D eigenvalue weighted by Crippen LogP contribution is -2.58. The van der Waals surface area contributed by atoms with Gasteiger partial charge in [-0.15, -0.1) is 0 Å². The molecule has 2 nitrogen and oxygen atoms in total. The highest BCUT2D eigenvalue weighted by Crippen LogP contribution is 2.22. The summed E-state index contributed by atoms with van der Waals surface area (Å²) in [5.74, 6) is 0.792. The van der Waals surface area contributed by atoms with Crippen LogP contribution < -0.4 is 5.32 Å². The van der Waals surface area contributed by atoms with Crippen LogP contribution in [0.1, 0.15) is 60.8 Å². The van der Waals surface area contributed by atoms with Crippen LogP contribution in [0.5, 0.6) is 0 Å². The summed E-state index contributed by atoms with van der Waals surface area (Å²) in [4.78, 5) is 2.73. The molecule has 0 spiro atoms. The predicted octanol–water partition coefficient (Wildman–Crippen LogP) is 3.52. The maximum atomic E-state index is 3.76. The Labute approximate surface area is 115 Å². The summed E-state index contributed by atoms with van der Waals surface area (Å²) in [6.07, 6.45) is 3.85. The standard InChI is InChI=1S/C16H34N2/c1-7-13(3)15-12-18(10-9-16(4,5)6)14(8-2)11-17-15/h13-15,17H,7-12H2,1-6H3. The second-order valence-corrected chi connectivity index (χ2v) is 7.27. The number of rotatable bonds is 5. The quantitative estimate of drug-likeness (QED) is 0.807. The highest BCUT2D eigenvalue weighted by atomic mass is 15.2. The van der Waals surface area contributed by atoms with Gasteiger partial charge in [0, 0.05) is 25.2 Å². The van der Waals surface area contributed by atoms with Crippen LogP contribution in [0.25, 0.3) is 0 Å². The van der Waals surface area contributed by atoms with Crippen molar-refractivity contribution in [2.45, 2.75) is 72.9 Å². The zero-order chi connectivity index (χ0) is 13.8. The van der Waals surface area contributed by atoms with Crippen LogP contribution in [0.15, 0.2) is 0 Å². The molecule has 108 valence electrons. The monoisotopic (exact) mass is 254 g/mol. The summed E-state index contributed by atoms with van der Waals surface area (Å²) >= 11 is 0. The lowest BCUT2D eigenvalue weighted by atomic mass is 9.90. The number of hydrogen-bond acceptors (Lipinski definition) is 2. The number of piperazine rings is 1. The SMILES string of the molecule is CCC(C)C1CN(CCC(C)(C)C)C(CC)CN1. The van der Waals surface area contributed by atoms with Crippen molar-refractivity contribution in [2.24, 2.45) is 11.3 Å². The van der Waals surface area contributed by atoms with Crippen LogP contribution in [0.4, 0.5) is 0 Å². The molecule has 0 aromatic carbocycles. The molecule has 1 aliphatic rings. The summed E-state index contributed by atoms with van der Waals surface area (Å²) in [5, 5.41) is 3.76. The van der Waals surface area contributed by atoms with Gasteiger partial charge in [0.2, 0.25) is 0 Å². The van der Waals surface area contributed by atoms with Crippen LogP contribution in [0.2, 0.25) is 0 Å². The molecule has 0 radical (unpaired) electrons. The van der Waals surface area contributed by atoms with E-state index in [2.05, 4.69) is 51.8 Å². The van der Waals surface area contributed by atoms with E-state index in [9.17, 15) is 0 Å². The molecule has 1 N–H and O–H groups in total. The molecule has 3 unspecified atom stereocenters. The van der Waals surface area contributed by atoms with Crippen molar-refractivity contribution in [2.75, 3.05) is 19.6 Å². The van der Waals surface area contributed by atoms with E-state index < -0.39 is 0 Å². The van der Waals surface area contributed by atoms with Gasteiger partial charge >= 0.3 is 0 Å². The van der Waals surface area contributed by atoms with E-state index in [1.54, 1.807) is 0 Å². The van der Waals surface area contributed by atoms with Gasteiger partial charge in [-0.05, 0) is 30.7 Å². The normalized spacial score (nSPS) is 28.3. The Morgan fingerprint density at radius 1 is 1.28 bits per heavy atom. The van der Waals surface area contributed by atoms with Crippen LogP contribution >= 0.6 is 0 Å². The largest absolute Gasteiger partial charge is 0.311 e. The smallest absolute Gasteiger partial charge is 0.0221 e. The van der Waals surface area contributed by atoms with E-state index in [4.69, 9.17) is 0 Å². The molecule has 1 heterocycles. The van der Waals surface area contributed by atoms with Crippen molar-refractivity contribution in [3.05, 3.63) is 0 Å². The van der Waals surface area contributed by atoms with Crippen LogP contribution in [0.3, 0.4) is 0 Å². The fraction of sp³-hybridized carbons (Fsp3) is 1.00. The number of nitrogens with zero attached hydrogens (tertiary/aromatic N) is 1. The van der Waals surface area contributed by atoms with Gasteiger partial charge in [0.25, 0.3) is 0 Å².